The van der Waals surface area contributed by atoms with Gasteiger partial charge in [-0.1, -0.05) is 30.3 Å². The van der Waals surface area contributed by atoms with Gasteiger partial charge < -0.3 is 0 Å². The van der Waals surface area contributed by atoms with Gasteiger partial charge in [0.1, 0.15) is 0 Å². The number of rotatable bonds is 5. The van der Waals surface area contributed by atoms with E-state index < -0.39 is 24.3 Å². The number of nitriles is 1. The Balaban J connectivity index is 2.30. The number of ketones is 1. The van der Waals surface area contributed by atoms with Gasteiger partial charge in [0.25, 0.3) is 0 Å². The van der Waals surface area contributed by atoms with E-state index in [1.54, 1.807) is 30.3 Å². The predicted molar refractivity (Wildman–Crippen MR) is 77.7 cm³/mol. The number of benzene rings is 1. The first-order valence-corrected chi connectivity index (χ1v) is 6.92. The van der Waals surface area contributed by atoms with E-state index in [0.717, 1.165) is 0 Å². The summed E-state index contributed by atoms with van der Waals surface area (Å²) in [5, 5.41) is 9.27. The molecule has 2 aromatic rings. The second-order valence-corrected chi connectivity index (χ2v) is 4.95. The third-order valence-electron chi connectivity index (χ3n) is 3.34. The fourth-order valence-corrected chi connectivity index (χ4v) is 2.22. The summed E-state index contributed by atoms with van der Waals surface area (Å²) in [7, 11) is 0. The molecule has 23 heavy (non-hydrogen) atoms. The molecule has 0 unspecified atom stereocenters. The molecule has 0 radical (unpaired) electrons. The lowest BCUT2D eigenvalue weighted by Crippen LogP contribution is -2.16. The highest BCUT2D eigenvalue weighted by Crippen LogP contribution is 2.26. The maximum atomic E-state index is 12.6. The molecule has 1 heterocycles. The molecule has 0 saturated heterocycles. The molecule has 0 aliphatic heterocycles. The smallest absolute Gasteiger partial charge is 0.292 e. The molecule has 0 saturated carbocycles. The van der Waals surface area contributed by atoms with Gasteiger partial charge in [0.15, 0.2) is 11.7 Å². The zero-order valence-electron chi connectivity index (χ0n) is 12.0. The van der Waals surface area contributed by atoms with Crippen molar-refractivity contribution in [1.82, 2.24) is 4.98 Å². The summed E-state index contributed by atoms with van der Waals surface area (Å²) >= 11 is 0. The summed E-state index contributed by atoms with van der Waals surface area (Å²) in [5.41, 5.74) is 0.700. The predicted octanol–water partition coefficient (Wildman–Crippen LogP) is 4.07. The third-order valence-corrected chi connectivity index (χ3v) is 3.34. The molecular formula is C17H13F3N2O. The molecule has 3 nitrogen and oxygen atoms in total. The van der Waals surface area contributed by atoms with E-state index in [-0.39, 0.29) is 23.2 Å². The standard InChI is InChI=1S/C17H13F3N2O/c18-17(19,20)9-8-12-5-1-2-6-13(12)16(23)14(11-21)15-7-3-4-10-22-15/h1-7,10,14H,8-9H2/t14-/m0/s1. The minimum atomic E-state index is -4.30. The van der Waals surface area contributed by atoms with Gasteiger partial charge in [0.05, 0.1) is 11.8 Å². The molecule has 0 aliphatic carbocycles. The van der Waals surface area contributed by atoms with E-state index in [2.05, 4.69) is 4.98 Å². The highest BCUT2D eigenvalue weighted by molar-refractivity contribution is 6.03. The second kappa shape index (κ2) is 7.05. The van der Waals surface area contributed by atoms with E-state index in [9.17, 15) is 23.2 Å². The van der Waals surface area contributed by atoms with Crippen molar-refractivity contribution in [1.29, 1.82) is 5.26 Å². The summed E-state index contributed by atoms with van der Waals surface area (Å²) in [4.78, 5) is 16.6. The van der Waals surface area contributed by atoms with Gasteiger partial charge in [-0.25, -0.2) is 0 Å². The van der Waals surface area contributed by atoms with Gasteiger partial charge in [-0.05, 0) is 24.1 Å². The Labute approximate surface area is 131 Å². The number of carbonyl (C=O) groups is 1. The maximum absolute atomic E-state index is 12.6. The van der Waals surface area contributed by atoms with Gasteiger partial charge in [-0.15, -0.1) is 0 Å². The van der Waals surface area contributed by atoms with Crippen LogP contribution in [0.2, 0.25) is 0 Å². The number of nitrogens with zero attached hydrogens (tertiary/aromatic N) is 2. The molecule has 1 aromatic heterocycles. The Morgan fingerprint density at radius 2 is 1.87 bits per heavy atom. The van der Waals surface area contributed by atoms with Gasteiger partial charge in [-0.2, -0.15) is 18.4 Å². The lowest BCUT2D eigenvalue weighted by Gasteiger charge is -2.13. The lowest BCUT2D eigenvalue weighted by atomic mass is 9.91. The largest absolute Gasteiger partial charge is 0.389 e. The molecule has 118 valence electrons. The van der Waals surface area contributed by atoms with Crippen LogP contribution in [0, 0.1) is 11.3 Å². The van der Waals surface area contributed by atoms with Crippen molar-refractivity contribution in [2.75, 3.05) is 0 Å². The van der Waals surface area contributed by atoms with Crippen molar-refractivity contribution in [2.45, 2.75) is 24.9 Å². The Bertz CT molecular complexity index is 721. The van der Waals surface area contributed by atoms with Crippen molar-refractivity contribution < 1.29 is 18.0 Å². The molecule has 0 aliphatic rings. The van der Waals surface area contributed by atoms with Crippen LogP contribution in [0.3, 0.4) is 0 Å². The first-order chi connectivity index (χ1) is 10.9. The number of hydrogen-bond acceptors (Lipinski definition) is 3. The molecular weight excluding hydrogens is 305 g/mol. The fourth-order valence-electron chi connectivity index (χ4n) is 2.22. The summed E-state index contributed by atoms with van der Waals surface area (Å²) in [5.74, 6) is -1.67. The molecule has 0 spiro atoms. The van der Waals surface area contributed by atoms with Gasteiger partial charge in [0.2, 0.25) is 0 Å². The fraction of sp³-hybridized carbons (Fsp3) is 0.235. The lowest BCUT2D eigenvalue weighted by molar-refractivity contribution is -0.134. The molecule has 0 N–H and O–H groups in total. The second-order valence-electron chi connectivity index (χ2n) is 4.95. The van der Waals surface area contributed by atoms with Crippen molar-refractivity contribution in [2.24, 2.45) is 0 Å². The first-order valence-electron chi connectivity index (χ1n) is 6.92. The maximum Gasteiger partial charge on any atom is 0.389 e. The molecule has 0 bridgehead atoms. The number of carbonyl (C=O) groups excluding carboxylic acids is 1. The Morgan fingerprint density at radius 1 is 1.17 bits per heavy atom. The van der Waals surface area contributed by atoms with Crippen molar-refractivity contribution in [3.05, 3.63) is 65.5 Å². The van der Waals surface area contributed by atoms with Crippen molar-refractivity contribution in [3.63, 3.8) is 0 Å². The SMILES string of the molecule is N#C[C@H](C(=O)c1ccccc1CCC(F)(F)F)c1ccccn1. The van der Waals surface area contributed by atoms with Gasteiger partial charge in [-0.3, -0.25) is 9.78 Å². The minimum absolute atomic E-state index is 0.133. The molecule has 6 heteroatoms. The van der Waals surface area contributed by atoms with Gasteiger partial charge >= 0.3 is 6.18 Å². The molecule has 1 atom stereocenters. The van der Waals surface area contributed by atoms with E-state index >= 15 is 0 Å². The number of aryl methyl sites for hydroxylation is 1. The number of halogens is 3. The molecule has 0 fully saturated rings. The van der Waals surface area contributed by atoms with E-state index in [1.165, 1.54) is 18.3 Å². The van der Waals surface area contributed by atoms with Gasteiger partial charge in [0, 0.05) is 18.2 Å². The number of pyridine rings is 1. The number of alkyl halides is 3. The number of aromatic nitrogens is 1. The van der Waals surface area contributed by atoms with E-state index in [4.69, 9.17) is 0 Å². The Hall–Kier alpha value is -2.68. The van der Waals surface area contributed by atoms with Crippen LogP contribution in [0.15, 0.2) is 48.7 Å². The summed E-state index contributed by atoms with van der Waals surface area (Å²) in [6.07, 6.45) is -4.15. The Morgan fingerprint density at radius 3 is 2.48 bits per heavy atom. The van der Waals surface area contributed by atoms with Crippen molar-refractivity contribution in [3.8, 4) is 6.07 Å². The highest BCUT2D eigenvalue weighted by atomic mass is 19.4. The van der Waals surface area contributed by atoms with E-state index in [0.29, 0.717) is 0 Å². The summed E-state index contributed by atoms with van der Waals surface area (Å²) < 4.78 is 37.2. The third kappa shape index (κ3) is 4.39. The van der Waals surface area contributed by atoms with Crippen LogP contribution in [0.25, 0.3) is 0 Å². The minimum Gasteiger partial charge on any atom is -0.292 e. The normalized spacial score (nSPS) is 12.4. The zero-order chi connectivity index (χ0) is 16.9. The average Bonchev–Trinajstić information content (AvgIpc) is 2.54. The van der Waals surface area contributed by atoms with Crippen LogP contribution in [-0.4, -0.2) is 16.9 Å². The van der Waals surface area contributed by atoms with Crippen LogP contribution in [-0.2, 0) is 6.42 Å². The Kier molecular flexibility index (Phi) is 5.12. The molecule has 0 amide bonds. The van der Waals surface area contributed by atoms with Crippen LogP contribution < -0.4 is 0 Å². The quantitative estimate of drug-likeness (QED) is 0.781. The van der Waals surface area contributed by atoms with Crippen molar-refractivity contribution >= 4 is 5.78 Å². The zero-order valence-corrected chi connectivity index (χ0v) is 12.0. The van der Waals surface area contributed by atoms with Crippen LogP contribution >= 0.6 is 0 Å². The summed E-state index contributed by atoms with van der Waals surface area (Å²) in [6.45, 7) is 0. The number of hydrogen-bond donors (Lipinski definition) is 0. The first kappa shape index (κ1) is 16.7. The van der Waals surface area contributed by atoms with Crippen LogP contribution in [0.4, 0.5) is 13.2 Å². The van der Waals surface area contributed by atoms with Crippen LogP contribution in [0.1, 0.15) is 34.0 Å². The molecule has 1 aromatic carbocycles. The number of Topliss-reactive ketones (excluding diaryl/α,β-unsaturated/α-hetero) is 1. The monoisotopic (exact) mass is 318 g/mol. The molecule has 2 rings (SSSR count). The van der Waals surface area contributed by atoms with Crippen LogP contribution in [0.5, 0.6) is 0 Å². The highest BCUT2D eigenvalue weighted by Gasteiger charge is 2.29. The average molecular weight is 318 g/mol. The van der Waals surface area contributed by atoms with E-state index in [1.807, 2.05) is 6.07 Å². The summed E-state index contributed by atoms with van der Waals surface area (Å²) in [6, 6.07) is 12.8. The topological polar surface area (TPSA) is 53.8 Å².